The molecule has 0 saturated carbocycles. The molecule has 0 aromatic heterocycles. The first-order valence-corrected chi connectivity index (χ1v) is 9.58. The summed E-state index contributed by atoms with van der Waals surface area (Å²) in [5, 5.41) is 0.222. The minimum Gasteiger partial charge on any atom is -0.472 e. The maximum Gasteiger partial charge on any atom is 0.416 e. The zero-order chi connectivity index (χ0) is 21.5. The number of alkyl halides is 3. The zero-order valence-corrected chi connectivity index (χ0v) is 16.5. The van der Waals surface area contributed by atoms with Crippen LogP contribution in [0.4, 0.5) is 17.6 Å². The summed E-state index contributed by atoms with van der Waals surface area (Å²) < 4.78 is 58.1. The van der Waals surface area contributed by atoms with Crippen molar-refractivity contribution in [1.82, 2.24) is 0 Å². The minimum atomic E-state index is -4.36. The van der Waals surface area contributed by atoms with E-state index in [2.05, 4.69) is 4.99 Å². The van der Waals surface area contributed by atoms with E-state index in [-0.39, 0.29) is 28.6 Å². The van der Waals surface area contributed by atoms with Crippen LogP contribution in [-0.4, -0.2) is 12.0 Å². The van der Waals surface area contributed by atoms with Gasteiger partial charge in [0.2, 0.25) is 5.90 Å². The first-order valence-electron chi connectivity index (χ1n) is 9.20. The van der Waals surface area contributed by atoms with Gasteiger partial charge in [-0.2, -0.15) is 13.2 Å². The number of halogens is 5. The Morgan fingerprint density at radius 2 is 1.50 bits per heavy atom. The summed E-state index contributed by atoms with van der Waals surface area (Å²) in [5.41, 5.74) is 1.75. The topological polar surface area (TPSA) is 21.6 Å². The van der Waals surface area contributed by atoms with Gasteiger partial charge in [-0.3, -0.25) is 0 Å². The quantitative estimate of drug-likeness (QED) is 0.405. The van der Waals surface area contributed by atoms with Gasteiger partial charge >= 0.3 is 6.18 Å². The number of benzene rings is 3. The maximum atomic E-state index is 14.2. The van der Waals surface area contributed by atoms with Crippen LogP contribution in [0.3, 0.4) is 0 Å². The number of rotatable bonds is 3. The summed E-state index contributed by atoms with van der Waals surface area (Å²) in [6.07, 6.45) is -4.69. The van der Waals surface area contributed by atoms with Gasteiger partial charge in [-0.05, 0) is 47.9 Å². The summed E-state index contributed by atoms with van der Waals surface area (Å²) in [7, 11) is 0. The predicted molar refractivity (Wildman–Crippen MR) is 108 cm³/mol. The van der Waals surface area contributed by atoms with E-state index in [0.29, 0.717) is 5.56 Å². The molecule has 4 rings (SSSR count). The van der Waals surface area contributed by atoms with E-state index in [4.69, 9.17) is 16.3 Å². The summed E-state index contributed by atoms with van der Waals surface area (Å²) in [4.78, 5) is 4.52. The van der Waals surface area contributed by atoms with Crippen LogP contribution in [0.15, 0.2) is 71.7 Å². The highest BCUT2D eigenvalue weighted by Crippen LogP contribution is 2.35. The molecule has 7 heteroatoms. The molecule has 0 radical (unpaired) electrons. The van der Waals surface area contributed by atoms with Crippen LogP contribution in [0.5, 0.6) is 0 Å². The standard InChI is InChI=1S/C23H16ClF4NO/c1-13-21(29-22(30-13)20-18(24)3-2-4-19(20)25)16-7-5-14(6-8-16)15-9-11-17(12-10-15)23(26,27)28/h2-13,21H,1H3/t13-,21-/m1/s1. The van der Waals surface area contributed by atoms with Crippen LogP contribution in [0, 0.1) is 5.82 Å². The molecule has 0 fully saturated rings. The van der Waals surface area contributed by atoms with Gasteiger partial charge in [0.1, 0.15) is 18.0 Å². The van der Waals surface area contributed by atoms with Crippen molar-refractivity contribution in [2.45, 2.75) is 25.2 Å². The van der Waals surface area contributed by atoms with Crippen LogP contribution >= 0.6 is 11.6 Å². The van der Waals surface area contributed by atoms with Gasteiger partial charge in [0.05, 0.1) is 16.1 Å². The average molecular weight is 434 g/mol. The van der Waals surface area contributed by atoms with E-state index < -0.39 is 17.6 Å². The molecular formula is C23H16ClF4NO. The van der Waals surface area contributed by atoms with Gasteiger partial charge in [0.25, 0.3) is 0 Å². The minimum absolute atomic E-state index is 0.134. The smallest absolute Gasteiger partial charge is 0.416 e. The van der Waals surface area contributed by atoms with Crippen LogP contribution < -0.4 is 0 Å². The van der Waals surface area contributed by atoms with E-state index in [1.165, 1.54) is 24.3 Å². The van der Waals surface area contributed by atoms with E-state index in [0.717, 1.165) is 23.3 Å². The van der Waals surface area contributed by atoms with Gasteiger partial charge in [-0.25, -0.2) is 9.38 Å². The first kappa shape index (κ1) is 20.4. The number of ether oxygens (including phenoxy) is 1. The molecule has 1 aliphatic heterocycles. The number of hydrogen-bond acceptors (Lipinski definition) is 2. The van der Waals surface area contributed by atoms with Gasteiger partial charge in [0.15, 0.2) is 0 Å². The molecule has 3 aromatic carbocycles. The molecule has 154 valence electrons. The van der Waals surface area contributed by atoms with Crippen molar-refractivity contribution >= 4 is 17.5 Å². The predicted octanol–water partition coefficient (Wildman–Crippen LogP) is 7.07. The lowest BCUT2D eigenvalue weighted by molar-refractivity contribution is -0.137. The second kappa shape index (κ2) is 7.76. The summed E-state index contributed by atoms with van der Waals surface area (Å²) >= 11 is 6.11. The fraction of sp³-hybridized carbons (Fsp3) is 0.174. The highest BCUT2D eigenvalue weighted by molar-refractivity contribution is 6.33. The van der Waals surface area contributed by atoms with Crippen molar-refractivity contribution in [3.63, 3.8) is 0 Å². The highest BCUT2D eigenvalue weighted by Gasteiger charge is 2.32. The fourth-order valence-corrected chi connectivity index (χ4v) is 3.64. The Kier molecular flexibility index (Phi) is 5.28. The summed E-state index contributed by atoms with van der Waals surface area (Å²) in [6.45, 7) is 1.83. The molecule has 0 N–H and O–H groups in total. The lowest BCUT2D eigenvalue weighted by Crippen LogP contribution is -2.13. The molecule has 2 nitrogen and oxygen atoms in total. The Labute approximate surface area is 175 Å². The first-order chi connectivity index (χ1) is 14.2. The third kappa shape index (κ3) is 3.92. The zero-order valence-electron chi connectivity index (χ0n) is 15.8. The monoisotopic (exact) mass is 433 g/mol. The Bertz CT molecular complexity index is 1070. The largest absolute Gasteiger partial charge is 0.472 e. The van der Waals surface area contributed by atoms with Crippen molar-refractivity contribution in [2.75, 3.05) is 0 Å². The molecule has 0 unspecified atom stereocenters. The van der Waals surface area contributed by atoms with Crippen molar-refractivity contribution < 1.29 is 22.3 Å². The highest BCUT2D eigenvalue weighted by atomic mass is 35.5. The van der Waals surface area contributed by atoms with E-state index >= 15 is 0 Å². The third-order valence-electron chi connectivity index (χ3n) is 4.97. The lowest BCUT2D eigenvalue weighted by Gasteiger charge is -2.14. The molecule has 2 atom stereocenters. The molecule has 1 heterocycles. The Morgan fingerprint density at radius 3 is 2.07 bits per heavy atom. The number of hydrogen-bond donors (Lipinski definition) is 0. The van der Waals surface area contributed by atoms with E-state index in [1.807, 2.05) is 31.2 Å². The number of nitrogens with zero attached hydrogens (tertiary/aromatic N) is 1. The van der Waals surface area contributed by atoms with Gasteiger partial charge in [-0.15, -0.1) is 0 Å². The van der Waals surface area contributed by atoms with Crippen LogP contribution in [-0.2, 0) is 10.9 Å². The molecule has 30 heavy (non-hydrogen) atoms. The molecular weight excluding hydrogens is 418 g/mol. The molecule has 0 bridgehead atoms. The van der Waals surface area contributed by atoms with E-state index in [1.54, 1.807) is 6.07 Å². The Morgan fingerprint density at radius 1 is 0.900 bits per heavy atom. The van der Waals surface area contributed by atoms with Crippen LogP contribution in [0.2, 0.25) is 5.02 Å². The van der Waals surface area contributed by atoms with Crippen molar-refractivity contribution in [3.05, 3.63) is 94.3 Å². The SMILES string of the molecule is C[C@H]1OC(c2c(F)cccc2Cl)=N[C@H]1c1ccc(-c2ccc(C(F)(F)F)cc2)cc1. The summed E-state index contributed by atoms with van der Waals surface area (Å²) in [5.74, 6) is -0.353. The van der Waals surface area contributed by atoms with Crippen LogP contribution in [0.25, 0.3) is 11.1 Å². The summed E-state index contributed by atoms with van der Waals surface area (Å²) in [6, 6.07) is 16.3. The number of aliphatic imine (C=N–C) groups is 1. The van der Waals surface area contributed by atoms with Crippen molar-refractivity contribution in [3.8, 4) is 11.1 Å². The average Bonchev–Trinajstić information content (AvgIpc) is 3.08. The molecule has 3 aromatic rings. The van der Waals surface area contributed by atoms with Gasteiger partial charge in [0, 0.05) is 0 Å². The normalized spacial score (nSPS) is 18.8. The van der Waals surface area contributed by atoms with Gasteiger partial charge < -0.3 is 4.74 Å². The Hall–Kier alpha value is -2.86. The maximum absolute atomic E-state index is 14.2. The second-order valence-electron chi connectivity index (χ2n) is 7.00. The van der Waals surface area contributed by atoms with E-state index in [9.17, 15) is 17.6 Å². The van der Waals surface area contributed by atoms with Gasteiger partial charge in [-0.1, -0.05) is 54.1 Å². The fourth-order valence-electron chi connectivity index (χ4n) is 3.40. The molecule has 0 spiro atoms. The molecule has 1 aliphatic rings. The van der Waals surface area contributed by atoms with Crippen molar-refractivity contribution in [1.29, 1.82) is 0 Å². The second-order valence-corrected chi connectivity index (χ2v) is 7.40. The van der Waals surface area contributed by atoms with Crippen LogP contribution in [0.1, 0.15) is 29.7 Å². The Balaban J connectivity index is 1.59. The molecule has 0 amide bonds. The lowest BCUT2D eigenvalue weighted by atomic mass is 9.98. The van der Waals surface area contributed by atoms with Crippen molar-refractivity contribution in [2.24, 2.45) is 4.99 Å². The molecule has 0 aliphatic carbocycles. The molecule has 0 saturated heterocycles. The third-order valence-corrected chi connectivity index (χ3v) is 5.29.